The van der Waals surface area contributed by atoms with E-state index in [1.54, 1.807) is 11.0 Å². The highest BCUT2D eigenvalue weighted by atomic mass is 79.9. The molecule has 0 aromatic heterocycles. The maximum atomic E-state index is 13.7. The van der Waals surface area contributed by atoms with E-state index in [-0.39, 0.29) is 24.3 Å². The van der Waals surface area contributed by atoms with Crippen LogP contribution in [0.3, 0.4) is 0 Å². The molecule has 3 aromatic rings. The zero-order valence-corrected chi connectivity index (χ0v) is 21.9. The van der Waals surface area contributed by atoms with Gasteiger partial charge in [-0.3, -0.25) is 9.59 Å². The minimum absolute atomic E-state index is 0.0129. The van der Waals surface area contributed by atoms with E-state index in [9.17, 15) is 9.59 Å². The van der Waals surface area contributed by atoms with Crippen LogP contribution < -0.4 is 5.32 Å². The normalized spacial score (nSPS) is 12.6. The van der Waals surface area contributed by atoms with Crippen LogP contribution in [-0.4, -0.2) is 28.8 Å². The van der Waals surface area contributed by atoms with Gasteiger partial charge in [-0.1, -0.05) is 95.1 Å². The zero-order valence-electron chi connectivity index (χ0n) is 19.5. The quantitative estimate of drug-likeness (QED) is 0.332. The fraction of sp³-hybridized carbons (Fsp3) is 0.286. The summed E-state index contributed by atoms with van der Waals surface area (Å²) in [6.45, 7) is 4.32. The van der Waals surface area contributed by atoms with Crippen molar-refractivity contribution in [2.75, 3.05) is 0 Å². The van der Waals surface area contributed by atoms with Gasteiger partial charge < -0.3 is 10.2 Å². The molecule has 0 aliphatic rings. The molecule has 3 aromatic carbocycles. The standard InChI is InChI=1S/C28H30BrClN2O2/c1-3-20(2)31-28(34)26(17-21-9-5-4-6-10-21)32(19-22-13-15-24(29)16-14-22)27(33)18-23-11-7-8-12-25(23)30/h4-16,20,26H,3,17-19H2,1-2H3,(H,31,34)/t20-,26-/m1/s1. The lowest BCUT2D eigenvalue weighted by Crippen LogP contribution is -2.52. The molecule has 0 unspecified atom stereocenters. The SMILES string of the molecule is CC[C@@H](C)NC(=O)[C@@H](Cc1ccccc1)N(Cc1ccc(Br)cc1)C(=O)Cc1ccccc1Cl. The van der Waals surface area contributed by atoms with E-state index in [2.05, 4.69) is 21.2 Å². The van der Waals surface area contributed by atoms with E-state index in [1.165, 1.54) is 0 Å². The molecule has 2 atom stereocenters. The van der Waals surface area contributed by atoms with Crippen LogP contribution in [-0.2, 0) is 29.0 Å². The van der Waals surface area contributed by atoms with Gasteiger partial charge in [0, 0.05) is 28.5 Å². The molecule has 0 fully saturated rings. The Morgan fingerprint density at radius 1 is 0.941 bits per heavy atom. The van der Waals surface area contributed by atoms with Crippen LogP contribution in [0, 0.1) is 0 Å². The minimum Gasteiger partial charge on any atom is -0.352 e. The van der Waals surface area contributed by atoms with Crippen molar-refractivity contribution in [3.8, 4) is 0 Å². The third-order valence-electron chi connectivity index (χ3n) is 5.84. The van der Waals surface area contributed by atoms with Gasteiger partial charge in [0.05, 0.1) is 6.42 Å². The summed E-state index contributed by atoms with van der Waals surface area (Å²) in [4.78, 5) is 28.9. The second-order valence-corrected chi connectivity index (χ2v) is 9.76. The Labute approximate surface area is 215 Å². The van der Waals surface area contributed by atoms with Crippen molar-refractivity contribution in [1.82, 2.24) is 10.2 Å². The molecule has 0 saturated heterocycles. The summed E-state index contributed by atoms with van der Waals surface area (Å²) in [6, 6.07) is 24.3. The number of amides is 2. The van der Waals surface area contributed by atoms with Crippen molar-refractivity contribution in [3.05, 3.63) is 105 Å². The van der Waals surface area contributed by atoms with Crippen molar-refractivity contribution < 1.29 is 9.59 Å². The molecule has 0 heterocycles. The highest BCUT2D eigenvalue weighted by Crippen LogP contribution is 2.21. The van der Waals surface area contributed by atoms with E-state index >= 15 is 0 Å². The number of benzene rings is 3. The molecule has 0 aliphatic carbocycles. The van der Waals surface area contributed by atoms with E-state index in [0.29, 0.717) is 18.0 Å². The third kappa shape index (κ3) is 7.44. The largest absolute Gasteiger partial charge is 0.352 e. The first kappa shape index (κ1) is 26.0. The zero-order chi connectivity index (χ0) is 24.5. The van der Waals surface area contributed by atoms with Crippen molar-refractivity contribution in [2.45, 2.75) is 51.7 Å². The number of carbonyl (C=O) groups excluding carboxylic acids is 2. The summed E-state index contributed by atoms with van der Waals surface area (Å²) in [7, 11) is 0. The average molecular weight is 542 g/mol. The van der Waals surface area contributed by atoms with Crippen molar-refractivity contribution >= 4 is 39.3 Å². The number of nitrogens with one attached hydrogen (secondary N) is 1. The Hall–Kier alpha value is -2.63. The van der Waals surface area contributed by atoms with E-state index < -0.39 is 6.04 Å². The summed E-state index contributed by atoms with van der Waals surface area (Å²) in [6.07, 6.45) is 1.36. The first-order valence-corrected chi connectivity index (χ1v) is 12.7. The maximum absolute atomic E-state index is 13.7. The van der Waals surface area contributed by atoms with Crippen LogP contribution in [0.25, 0.3) is 0 Å². The van der Waals surface area contributed by atoms with Crippen molar-refractivity contribution in [3.63, 3.8) is 0 Å². The predicted molar refractivity (Wildman–Crippen MR) is 142 cm³/mol. The summed E-state index contributed by atoms with van der Waals surface area (Å²) >= 11 is 9.82. The van der Waals surface area contributed by atoms with Crippen molar-refractivity contribution in [1.29, 1.82) is 0 Å². The lowest BCUT2D eigenvalue weighted by atomic mass is 10.0. The molecule has 0 saturated carbocycles. The number of carbonyl (C=O) groups is 2. The number of nitrogens with zero attached hydrogens (tertiary/aromatic N) is 1. The van der Waals surface area contributed by atoms with Gasteiger partial charge >= 0.3 is 0 Å². The fourth-order valence-electron chi connectivity index (χ4n) is 3.69. The van der Waals surface area contributed by atoms with Gasteiger partial charge in [0.25, 0.3) is 0 Å². The monoisotopic (exact) mass is 540 g/mol. The van der Waals surface area contributed by atoms with E-state index in [4.69, 9.17) is 11.6 Å². The van der Waals surface area contributed by atoms with Crippen LogP contribution in [0.1, 0.15) is 37.0 Å². The molecule has 3 rings (SSSR count). The molecule has 0 aliphatic heterocycles. The van der Waals surface area contributed by atoms with Gasteiger partial charge in [0.2, 0.25) is 11.8 Å². The molecule has 1 N–H and O–H groups in total. The number of hydrogen-bond donors (Lipinski definition) is 1. The Morgan fingerprint density at radius 3 is 2.24 bits per heavy atom. The highest BCUT2D eigenvalue weighted by molar-refractivity contribution is 9.10. The summed E-state index contributed by atoms with van der Waals surface area (Å²) < 4.78 is 0.959. The molecule has 178 valence electrons. The lowest BCUT2D eigenvalue weighted by molar-refractivity contribution is -0.141. The molecule has 0 bridgehead atoms. The van der Waals surface area contributed by atoms with Crippen LogP contribution in [0.2, 0.25) is 5.02 Å². The van der Waals surface area contributed by atoms with Gasteiger partial charge in [-0.05, 0) is 48.2 Å². The van der Waals surface area contributed by atoms with E-state index in [0.717, 1.165) is 27.6 Å². The van der Waals surface area contributed by atoms with Crippen LogP contribution >= 0.6 is 27.5 Å². The van der Waals surface area contributed by atoms with Gasteiger partial charge in [-0.2, -0.15) is 0 Å². The number of rotatable bonds is 10. The Bertz CT molecular complexity index is 1090. The Balaban J connectivity index is 1.97. The molecule has 2 amide bonds. The molecule has 34 heavy (non-hydrogen) atoms. The first-order valence-electron chi connectivity index (χ1n) is 11.5. The van der Waals surface area contributed by atoms with Gasteiger partial charge in [0.15, 0.2) is 0 Å². The van der Waals surface area contributed by atoms with Crippen LogP contribution in [0.5, 0.6) is 0 Å². The van der Waals surface area contributed by atoms with Crippen LogP contribution in [0.4, 0.5) is 0 Å². The molecular formula is C28H30BrClN2O2. The average Bonchev–Trinajstić information content (AvgIpc) is 2.84. The Kier molecular flexibility index (Phi) is 9.73. The first-order chi connectivity index (χ1) is 16.4. The number of hydrogen-bond acceptors (Lipinski definition) is 2. The molecule has 6 heteroatoms. The van der Waals surface area contributed by atoms with Crippen molar-refractivity contribution in [2.24, 2.45) is 0 Å². The van der Waals surface area contributed by atoms with Crippen LogP contribution in [0.15, 0.2) is 83.3 Å². The van der Waals surface area contributed by atoms with Gasteiger partial charge in [-0.15, -0.1) is 0 Å². The summed E-state index contributed by atoms with van der Waals surface area (Å²) in [5.41, 5.74) is 2.69. The molecule has 4 nitrogen and oxygen atoms in total. The molecular weight excluding hydrogens is 512 g/mol. The second kappa shape index (κ2) is 12.7. The third-order valence-corrected chi connectivity index (χ3v) is 6.74. The topological polar surface area (TPSA) is 49.4 Å². The fourth-order valence-corrected chi connectivity index (χ4v) is 4.15. The van der Waals surface area contributed by atoms with Gasteiger partial charge in [-0.25, -0.2) is 0 Å². The second-order valence-electron chi connectivity index (χ2n) is 8.44. The van der Waals surface area contributed by atoms with Gasteiger partial charge in [0.1, 0.15) is 6.04 Å². The summed E-state index contributed by atoms with van der Waals surface area (Å²) in [5, 5.41) is 3.63. The predicted octanol–water partition coefficient (Wildman–Crippen LogP) is 6.20. The van der Waals surface area contributed by atoms with E-state index in [1.807, 2.05) is 86.6 Å². The summed E-state index contributed by atoms with van der Waals surface area (Å²) in [5.74, 6) is -0.293. The smallest absolute Gasteiger partial charge is 0.243 e. The minimum atomic E-state index is -0.657. The Morgan fingerprint density at radius 2 is 1.59 bits per heavy atom. The number of halogens is 2. The highest BCUT2D eigenvalue weighted by Gasteiger charge is 2.31. The lowest BCUT2D eigenvalue weighted by Gasteiger charge is -2.32. The molecule has 0 spiro atoms. The maximum Gasteiger partial charge on any atom is 0.243 e. The molecule has 0 radical (unpaired) electrons.